The highest BCUT2D eigenvalue weighted by atomic mass is 35.5. The zero-order valence-electron chi connectivity index (χ0n) is 24.5. The van der Waals surface area contributed by atoms with E-state index in [4.69, 9.17) is 21.1 Å². The third-order valence-corrected chi connectivity index (χ3v) is 7.60. The van der Waals surface area contributed by atoms with E-state index in [0.717, 1.165) is 38.5 Å². The van der Waals surface area contributed by atoms with Crippen LogP contribution in [0, 0.1) is 0 Å². The van der Waals surface area contributed by atoms with Crippen molar-refractivity contribution < 1.29 is 19.1 Å². The second kappa shape index (κ2) is 20.8. The Balaban J connectivity index is 1.79. The Hall–Kier alpha value is -2.07. The van der Waals surface area contributed by atoms with Gasteiger partial charge in [0.15, 0.2) is 5.75 Å². The van der Waals surface area contributed by atoms with Crippen LogP contribution >= 0.6 is 11.6 Å². The minimum atomic E-state index is -0.278. The molecule has 0 spiro atoms. The van der Waals surface area contributed by atoms with Crippen LogP contribution in [0.25, 0.3) is 10.8 Å². The number of halogens is 1. The van der Waals surface area contributed by atoms with Gasteiger partial charge < -0.3 is 9.47 Å². The smallest absolute Gasteiger partial charge is 0.311 e. The van der Waals surface area contributed by atoms with E-state index in [1.54, 1.807) is 6.07 Å². The molecule has 5 heteroatoms. The molecule has 0 aliphatic rings. The second-order valence-corrected chi connectivity index (χ2v) is 11.2. The fourth-order valence-corrected chi connectivity index (χ4v) is 5.21. The molecular formula is C34H51ClO4. The molecule has 0 aromatic heterocycles. The molecule has 4 nitrogen and oxygen atoms in total. The van der Waals surface area contributed by atoms with E-state index in [1.807, 2.05) is 24.3 Å². The average Bonchev–Trinajstić information content (AvgIpc) is 2.93. The van der Waals surface area contributed by atoms with E-state index in [1.165, 1.54) is 77.0 Å². The van der Waals surface area contributed by atoms with E-state index >= 15 is 0 Å². The Labute approximate surface area is 242 Å². The van der Waals surface area contributed by atoms with E-state index in [-0.39, 0.29) is 17.0 Å². The predicted molar refractivity (Wildman–Crippen MR) is 164 cm³/mol. The molecule has 0 bridgehead atoms. The molecule has 0 N–H and O–H groups in total. The van der Waals surface area contributed by atoms with Crippen molar-refractivity contribution in [2.45, 2.75) is 142 Å². The molecule has 0 saturated heterocycles. The molecule has 0 fully saturated rings. The van der Waals surface area contributed by atoms with Crippen LogP contribution in [0.2, 0.25) is 5.02 Å². The van der Waals surface area contributed by atoms with Gasteiger partial charge in [-0.25, -0.2) is 0 Å². The summed E-state index contributed by atoms with van der Waals surface area (Å²) >= 11 is 6.53. The first-order valence-corrected chi connectivity index (χ1v) is 16.1. The quantitative estimate of drug-likeness (QED) is 0.0818. The summed E-state index contributed by atoms with van der Waals surface area (Å²) in [5.74, 6) is 0.219. The van der Waals surface area contributed by atoms with Crippen molar-refractivity contribution in [1.82, 2.24) is 0 Å². The van der Waals surface area contributed by atoms with E-state index in [0.29, 0.717) is 35.1 Å². The minimum Gasteiger partial charge on any atom is -0.426 e. The number of hydrogen-bond donors (Lipinski definition) is 0. The summed E-state index contributed by atoms with van der Waals surface area (Å²) < 4.78 is 11.4. The Bertz CT molecular complexity index is 971. The molecule has 0 aliphatic heterocycles. The highest BCUT2D eigenvalue weighted by Gasteiger charge is 2.18. The number of ether oxygens (including phenoxy) is 2. The van der Waals surface area contributed by atoms with E-state index < -0.39 is 0 Å². The monoisotopic (exact) mass is 558 g/mol. The summed E-state index contributed by atoms with van der Waals surface area (Å²) in [6, 6.07) is 9.05. The lowest BCUT2D eigenvalue weighted by Crippen LogP contribution is -2.10. The van der Waals surface area contributed by atoms with Crippen LogP contribution < -0.4 is 9.47 Å². The molecule has 0 unspecified atom stereocenters. The maximum atomic E-state index is 12.6. The fraction of sp³-hybridized carbons (Fsp3) is 0.647. The fourth-order valence-electron chi connectivity index (χ4n) is 4.97. The van der Waals surface area contributed by atoms with Gasteiger partial charge in [0.25, 0.3) is 0 Å². The highest BCUT2D eigenvalue weighted by Crippen LogP contribution is 2.40. The largest absolute Gasteiger partial charge is 0.426 e. The van der Waals surface area contributed by atoms with Gasteiger partial charge in [0.2, 0.25) is 0 Å². The topological polar surface area (TPSA) is 52.6 Å². The van der Waals surface area contributed by atoms with Crippen LogP contribution in [0.5, 0.6) is 11.5 Å². The van der Waals surface area contributed by atoms with Gasteiger partial charge in [-0.1, -0.05) is 152 Å². The van der Waals surface area contributed by atoms with Crippen molar-refractivity contribution in [2.75, 3.05) is 0 Å². The Morgan fingerprint density at radius 3 is 1.49 bits per heavy atom. The SMILES string of the molecule is CCCCCCCCCCCC(=O)Oc1cc(Cl)c(OC(=O)CCCCCCCCCCC)c2ccccc12. The van der Waals surface area contributed by atoms with Gasteiger partial charge >= 0.3 is 11.9 Å². The molecule has 0 heterocycles. The molecule has 0 amide bonds. The van der Waals surface area contributed by atoms with Crippen LogP contribution in [-0.2, 0) is 9.59 Å². The van der Waals surface area contributed by atoms with Crippen LogP contribution in [-0.4, -0.2) is 11.9 Å². The third-order valence-electron chi connectivity index (χ3n) is 7.32. The number of carbonyl (C=O) groups excluding carboxylic acids is 2. The van der Waals surface area contributed by atoms with E-state index in [9.17, 15) is 9.59 Å². The maximum Gasteiger partial charge on any atom is 0.311 e. The van der Waals surface area contributed by atoms with E-state index in [2.05, 4.69) is 13.8 Å². The number of esters is 2. The standard InChI is InChI=1S/C34H51ClO4/c1-3-5-7-9-11-13-15-17-19-25-32(36)38-31-27-30(35)34(29-24-22-21-23-28(29)31)39-33(37)26-20-18-16-14-12-10-8-6-4-2/h21-24,27H,3-20,25-26H2,1-2H3. The lowest BCUT2D eigenvalue weighted by Gasteiger charge is -2.14. The molecular weight excluding hydrogens is 508 g/mol. The van der Waals surface area contributed by atoms with Crippen molar-refractivity contribution in [2.24, 2.45) is 0 Å². The zero-order chi connectivity index (χ0) is 28.1. The molecule has 218 valence electrons. The van der Waals surface area contributed by atoms with Crippen LogP contribution in [0.4, 0.5) is 0 Å². The lowest BCUT2D eigenvalue weighted by molar-refractivity contribution is -0.135. The summed E-state index contributed by atoms with van der Waals surface area (Å²) in [5, 5.41) is 1.67. The predicted octanol–water partition coefficient (Wildman–Crippen LogP) is 11.1. The molecule has 0 atom stereocenters. The third kappa shape index (κ3) is 13.7. The van der Waals surface area contributed by atoms with Gasteiger partial charge in [0.05, 0.1) is 5.02 Å². The number of rotatable bonds is 22. The summed E-state index contributed by atoms with van der Waals surface area (Å²) in [6.45, 7) is 4.47. The van der Waals surface area contributed by atoms with Gasteiger partial charge in [0, 0.05) is 29.7 Å². The van der Waals surface area contributed by atoms with Gasteiger partial charge in [-0.15, -0.1) is 0 Å². The summed E-state index contributed by atoms with van der Waals surface area (Å²) in [4.78, 5) is 25.1. The summed E-state index contributed by atoms with van der Waals surface area (Å²) in [7, 11) is 0. The minimum absolute atomic E-state index is 0.255. The second-order valence-electron chi connectivity index (χ2n) is 10.8. The highest BCUT2D eigenvalue weighted by molar-refractivity contribution is 6.33. The van der Waals surface area contributed by atoms with Crippen molar-refractivity contribution >= 4 is 34.3 Å². The molecule has 39 heavy (non-hydrogen) atoms. The first-order valence-electron chi connectivity index (χ1n) is 15.7. The Kier molecular flexibility index (Phi) is 17.7. The van der Waals surface area contributed by atoms with Gasteiger partial charge in [-0.05, 0) is 12.8 Å². The van der Waals surface area contributed by atoms with Crippen LogP contribution in [0.3, 0.4) is 0 Å². The molecule has 0 radical (unpaired) electrons. The summed E-state index contributed by atoms with van der Waals surface area (Å²) in [6.07, 6.45) is 22.3. The molecule has 2 aromatic rings. The average molecular weight is 559 g/mol. The van der Waals surface area contributed by atoms with Crippen molar-refractivity contribution in [3.8, 4) is 11.5 Å². The number of benzene rings is 2. The zero-order valence-corrected chi connectivity index (χ0v) is 25.3. The molecule has 0 aliphatic carbocycles. The van der Waals surface area contributed by atoms with Crippen molar-refractivity contribution in [3.63, 3.8) is 0 Å². The molecule has 2 rings (SSSR count). The first kappa shape index (κ1) is 33.1. The van der Waals surface area contributed by atoms with Crippen molar-refractivity contribution in [1.29, 1.82) is 0 Å². The van der Waals surface area contributed by atoms with Crippen LogP contribution in [0.1, 0.15) is 142 Å². The Morgan fingerprint density at radius 1 is 0.590 bits per heavy atom. The number of unbranched alkanes of at least 4 members (excludes halogenated alkanes) is 16. The van der Waals surface area contributed by atoms with Gasteiger partial charge in [-0.2, -0.15) is 0 Å². The number of hydrogen-bond acceptors (Lipinski definition) is 4. The number of fused-ring (bicyclic) bond motifs is 1. The molecule has 0 saturated carbocycles. The van der Waals surface area contributed by atoms with Crippen LogP contribution in [0.15, 0.2) is 30.3 Å². The molecule has 2 aromatic carbocycles. The number of carbonyl (C=O) groups is 2. The van der Waals surface area contributed by atoms with Crippen molar-refractivity contribution in [3.05, 3.63) is 35.4 Å². The lowest BCUT2D eigenvalue weighted by atomic mass is 10.1. The maximum absolute atomic E-state index is 12.6. The first-order chi connectivity index (χ1) is 19.1. The van der Waals surface area contributed by atoms with Gasteiger partial charge in [-0.3, -0.25) is 9.59 Å². The van der Waals surface area contributed by atoms with Gasteiger partial charge in [0.1, 0.15) is 5.75 Å². The Morgan fingerprint density at radius 2 is 1.00 bits per heavy atom. The normalized spacial score (nSPS) is 11.2. The summed E-state index contributed by atoms with van der Waals surface area (Å²) in [5.41, 5.74) is 0.